The van der Waals surface area contributed by atoms with Crippen LogP contribution >= 0.6 is 0 Å². The minimum atomic E-state index is -0.589. The Morgan fingerprint density at radius 2 is 1.88 bits per heavy atom. The fourth-order valence-electron chi connectivity index (χ4n) is 4.94. The Kier molecular flexibility index (Phi) is 6.05. The highest BCUT2D eigenvalue weighted by Gasteiger charge is 2.35. The zero-order valence-corrected chi connectivity index (χ0v) is 19.1. The molecule has 2 atom stereocenters. The summed E-state index contributed by atoms with van der Waals surface area (Å²) in [6.45, 7) is 2.21. The minimum Gasteiger partial charge on any atom is -0.481 e. The second kappa shape index (κ2) is 9.29. The van der Waals surface area contributed by atoms with E-state index in [9.17, 15) is 14.0 Å². The lowest BCUT2D eigenvalue weighted by Crippen LogP contribution is -2.41. The number of anilines is 1. The number of amides is 2. The lowest BCUT2D eigenvalue weighted by Gasteiger charge is -2.35. The quantitative estimate of drug-likeness (QED) is 0.585. The molecule has 5 rings (SSSR count). The van der Waals surface area contributed by atoms with Crippen LogP contribution in [0.5, 0.6) is 5.75 Å². The lowest BCUT2D eigenvalue weighted by atomic mass is 9.86. The van der Waals surface area contributed by atoms with Crippen molar-refractivity contribution < 1.29 is 18.7 Å². The average Bonchev–Trinajstić information content (AvgIpc) is 2.96. The molecule has 0 saturated carbocycles. The molecule has 1 heterocycles. The molecular weight excluding hydrogens is 431 g/mol. The van der Waals surface area contributed by atoms with E-state index in [0.29, 0.717) is 18.0 Å². The molecule has 2 amide bonds. The van der Waals surface area contributed by atoms with Crippen LogP contribution in [0.4, 0.5) is 10.1 Å². The van der Waals surface area contributed by atoms with Crippen LogP contribution in [0.2, 0.25) is 0 Å². The summed E-state index contributed by atoms with van der Waals surface area (Å²) in [4.78, 5) is 27.8. The predicted molar refractivity (Wildman–Crippen MR) is 128 cm³/mol. The zero-order valence-electron chi connectivity index (χ0n) is 19.1. The van der Waals surface area contributed by atoms with Gasteiger partial charge in [-0.25, -0.2) is 4.39 Å². The number of fused-ring (bicyclic) bond motifs is 2. The predicted octanol–water partition coefficient (Wildman–Crippen LogP) is 5.19. The molecule has 3 aromatic rings. The lowest BCUT2D eigenvalue weighted by molar-refractivity contribution is -0.140. The average molecular weight is 459 g/mol. The number of nitrogens with zero attached hydrogens (tertiary/aromatic N) is 1. The molecule has 1 N–H and O–H groups in total. The van der Waals surface area contributed by atoms with Gasteiger partial charge >= 0.3 is 0 Å². The molecule has 3 aromatic carbocycles. The summed E-state index contributed by atoms with van der Waals surface area (Å²) in [7, 11) is 0. The molecule has 2 aliphatic rings. The SMILES string of the molecule is CC1Oc2ccc(NC(=O)Cc3ccc(F)cc3)cc2CN(C2CCCc3ccccc32)C1=O. The molecule has 2 unspecified atom stereocenters. The molecule has 0 spiro atoms. The second-order valence-corrected chi connectivity index (χ2v) is 9.01. The highest BCUT2D eigenvalue weighted by Crippen LogP contribution is 2.38. The standard InChI is InChI=1S/C28H27FN2O3/c1-18-28(33)31(25-8-4-6-20-5-2-3-7-24(20)25)17-21-16-23(13-14-26(21)34-18)30-27(32)15-19-9-11-22(29)12-10-19/h2-3,5,7,9-14,16,18,25H,4,6,8,15,17H2,1H3,(H,30,32). The zero-order chi connectivity index (χ0) is 23.7. The summed E-state index contributed by atoms with van der Waals surface area (Å²) in [6.07, 6.45) is 2.54. The Hall–Kier alpha value is -3.67. The van der Waals surface area contributed by atoms with Gasteiger partial charge < -0.3 is 15.0 Å². The van der Waals surface area contributed by atoms with Gasteiger partial charge in [-0.2, -0.15) is 0 Å². The summed E-state index contributed by atoms with van der Waals surface area (Å²) in [6, 6.07) is 19.7. The summed E-state index contributed by atoms with van der Waals surface area (Å²) < 4.78 is 19.1. The van der Waals surface area contributed by atoms with Crippen molar-refractivity contribution in [2.24, 2.45) is 0 Å². The molecule has 34 heavy (non-hydrogen) atoms. The van der Waals surface area contributed by atoms with Gasteiger partial charge in [0.25, 0.3) is 5.91 Å². The second-order valence-electron chi connectivity index (χ2n) is 9.01. The van der Waals surface area contributed by atoms with E-state index in [1.165, 1.54) is 23.3 Å². The van der Waals surface area contributed by atoms with E-state index in [1.807, 2.05) is 29.2 Å². The van der Waals surface area contributed by atoms with E-state index in [-0.39, 0.29) is 30.1 Å². The normalized spacial score (nSPS) is 19.5. The van der Waals surface area contributed by atoms with E-state index in [4.69, 9.17) is 4.74 Å². The summed E-state index contributed by atoms with van der Waals surface area (Å²) in [5.41, 5.74) is 4.74. The van der Waals surface area contributed by atoms with Crippen molar-refractivity contribution in [3.8, 4) is 5.75 Å². The topological polar surface area (TPSA) is 58.6 Å². The first-order valence-corrected chi connectivity index (χ1v) is 11.7. The summed E-state index contributed by atoms with van der Waals surface area (Å²) in [5.74, 6) is 0.108. The summed E-state index contributed by atoms with van der Waals surface area (Å²) >= 11 is 0. The van der Waals surface area contributed by atoms with Crippen LogP contribution in [0.15, 0.2) is 66.7 Å². The van der Waals surface area contributed by atoms with Crippen LogP contribution < -0.4 is 10.1 Å². The Labute approximate surface area is 198 Å². The van der Waals surface area contributed by atoms with Gasteiger partial charge in [0.1, 0.15) is 11.6 Å². The maximum atomic E-state index is 13.3. The van der Waals surface area contributed by atoms with E-state index in [0.717, 1.165) is 30.4 Å². The van der Waals surface area contributed by atoms with Crippen LogP contribution in [0, 0.1) is 5.82 Å². The molecule has 5 nitrogen and oxygen atoms in total. The number of hydrogen-bond acceptors (Lipinski definition) is 3. The van der Waals surface area contributed by atoms with Gasteiger partial charge in [0, 0.05) is 11.3 Å². The number of nitrogens with one attached hydrogen (secondary N) is 1. The van der Waals surface area contributed by atoms with E-state index in [1.54, 1.807) is 25.1 Å². The van der Waals surface area contributed by atoms with Crippen molar-refractivity contribution >= 4 is 17.5 Å². The first-order valence-electron chi connectivity index (χ1n) is 11.7. The molecule has 6 heteroatoms. The molecule has 0 fully saturated rings. The molecule has 0 aromatic heterocycles. The van der Waals surface area contributed by atoms with E-state index < -0.39 is 6.10 Å². The number of carbonyl (C=O) groups excluding carboxylic acids is 2. The van der Waals surface area contributed by atoms with Crippen LogP contribution in [0.3, 0.4) is 0 Å². The van der Waals surface area contributed by atoms with Crippen molar-refractivity contribution in [2.45, 2.75) is 51.3 Å². The Morgan fingerprint density at radius 1 is 1.09 bits per heavy atom. The number of benzene rings is 3. The van der Waals surface area contributed by atoms with Gasteiger partial charge in [-0.3, -0.25) is 9.59 Å². The number of halogens is 1. The van der Waals surface area contributed by atoms with Gasteiger partial charge in [0.15, 0.2) is 6.10 Å². The van der Waals surface area contributed by atoms with Crippen molar-refractivity contribution in [1.29, 1.82) is 0 Å². The molecule has 0 radical (unpaired) electrons. The Balaban J connectivity index is 1.38. The van der Waals surface area contributed by atoms with E-state index >= 15 is 0 Å². The fraction of sp³-hybridized carbons (Fsp3) is 0.286. The third-order valence-corrected chi connectivity index (χ3v) is 6.61. The number of carbonyl (C=O) groups is 2. The Morgan fingerprint density at radius 3 is 2.71 bits per heavy atom. The highest BCUT2D eigenvalue weighted by atomic mass is 19.1. The number of hydrogen-bond donors (Lipinski definition) is 1. The largest absolute Gasteiger partial charge is 0.481 e. The molecule has 0 bridgehead atoms. The van der Waals surface area contributed by atoms with Crippen molar-refractivity contribution in [2.75, 3.05) is 5.32 Å². The van der Waals surface area contributed by atoms with Gasteiger partial charge in [-0.1, -0.05) is 36.4 Å². The minimum absolute atomic E-state index is 0.00572. The molecule has 174 valence electrons. The highest BCUT2D eigenvalue weighted by molar-refractivity contribution is 5.92. The van der Waals surface area contributed by atoms with Gasteiger partial charge in [0.2, 0.25) is 5.91 Å². The third-order valence-electron chi connectivity index (χ3n) is 6.61. The number of aryl methyl sites for hydroxylation is 1. The molecular formula is C28H27FN2O3. The van der Waals surface area contributed by atoms with Crippen molar-refractivity contribution in [1.82, 2.24) is 4.90 Å². The van der Waals surface area contributed by atoms with Crippen LogP contribution in [-0.4, -0.2) is 22.8 Å². The van der Waals surface area contributed by atoms with Crippen LogP contribution in [-0.2, 0) is 29.0 Å². The fourth-order valence-corrected chi connectivity index (χ4v) is 4.94. The first-order chi connectivity index (χ1) is 16.5. The maximum absolute atomic E-state index is 13.3. The van der Waals surface area contributed by atoms with Gasteiger partial charge in [0.05, 0.1) is 19.0 Å². The Bertz CT molecular complexity index is 1220. The van der Waals surface area contributed by atoms with Crippen molar-refractivity contribution in [3.63, 3.8) is 0 Å². The van der Waals surface area contributed by atoms with Gasteiger partial charge in [-0.15, -0.1) is 0 Å². The van der Waals surface area contributed by atoms with Crippen molar-refractivity contribution in [3.05, 3.63) is 94.8 Å². The molecule has 1 aliphatic carbocycles. The van der Waals surface area contributed by atoms with Crippen LogP contribution in [0.25, 0.3) is 0 Å². The number of ether oxygens (including phenoxy) is 1. The van der Waals surface area contributed by atoms with E-state index in [2.05, 4.69) is 17.4 Å². The van der Waals surface area contributed by atoms with Crippen LogP contribution in [0.1, 0.15) is 48.1 Å². The third kappa shape index (κ3) is 4.53. The monoisotopic (exact) mass is 458 g/mol. The summed E-state index contributed by atoms with van der Waals surface area (Å²) in [5, 5.41) is 2.92. The van der Waals surface area contributed by atoms with Gasteiger partial charge in [-0.05, 0) is 73.2 Å². The number of rotatable bonds is 4. The molecule has 1 aliphatic heterocycles. The first kappa shape index (κ1) is 22.1. The molecule has 0 saturated heterocycles. The smallest absolute Gasteiger partial charge is 0.264 e. The maximum Gasteiger partial charge on any atom is 0.264 e.